The third-order valence-electron chi connectivity index (χ3n) is 1.09. The van der Waals surface area contributed by atoms with Crippen LogP contribution >= 0.6 is 0 Å². The maximum absolute atomic E-state index is 9.77. The summed E-state index contributed by atoms with van der Waals surface area (Å²) in [6.45, 7) is 7.70. The fourth-order valence-electron chi connectivity index (χ4n) is 0.280. The Hall–Kier alpha value is -0.530. The first-order chi connectivity index (χ1) is 3.68. The van der Waals surface area contributed by atoms with E-state index in [1.807, 2.05) is 13.8 Å². The number of nitrogens with one attached hydrogen (secondary N) is 1. The quantitative estimate of drug-likeness (QED) is 0.534. The lowest BCUT2D eigenvalue weighted by atomic mass is 10.1. The first-order valence-corrected chi connectivity index (χ1v) is 2.71. The fraction of sp³-hybridized carbons (Fsp3) is 0.667. The highest BCUT2D eigenvalue weighted by Gasteiger charge is 2.02. The Bertz CT molecular complexity index is 70.9. The van der Waals surface area contributed by atoms with Crippen LogP contribution in [0.5, 0.6) is 0 Å². The monoisotopic (exact) mass is 114 g/mol. The molecule has 1 N–H and O–H groups in total. The molecule has 0 fully saturated rings. The Morgan fingerprint density at radius 2 is 2.12 bits per heavy atom. The Morgan fingerprint density at radius 3 is 2.25 bits per heavy atom. The molecule has 0 bridgehead atoms. The van der Waals surface area contributed by atoms with Crippen LogP contribution in [0, 0.1) is 12.8 Å². The van der Waals surface area contributed by atoms with Gasteiger partial charge in [0.05, 0.1) is 0 Å². The predicted molar refractivity (Wildman–Crippen MR) is 33.2 cm³/mol. The molecule has 2 nitrogen and oxygen atoms in total. The zero-order chi connectivity index (χ0) is 6.57. The molecule has 1 atom stereocenters. The molecule has 0 aliphatic rings. The van der Waals surface area contributed by atoms with Gasteiger partial charge < -0.3 is 5.32 Å². The first-order valence-electron chi connectivity index (χ1n) is 2.71. The molecule has 0 aliphatic carbocycles. The van der Waals surface area contributed by atoms with E-state index < -0.39 is 0 Å². The van der Waals surface area contributed by atoms with Gasteiger partial charge in [-0.2, -0.15) is 0 Å². The molecule has 47 valence electrons. The van der Waals surface area contributed by atoms with Crippen molar-refractivity contribution in [1.29, 1.82) is 0 Å². The van der Waals surface area contributed by atoms with Gasteiger partial charge in [-0.05, 0) is 12.8 Å². The summed E-state index contributed by atoms with van der Waals surface area (Å²) in [6.07, 6.45) is 0.678. The molecule has 0 heterocycles. The summed E-state index contributed by atoms with van der Waals surface area (Å²) in [5.41, 5.74) is 0. The SMILES string of the molecule is [CH2]C(NC=O)C(C)C. The second-order valence-electron chi connectivity index (χ2n) is 2.14. The maximum Gasteiger partial charge on any atom is 0.207 e. The minimum Gasteiger partial charge on any atom is -0.356 e. The molecule has 1 amide bonds. The van der Waals surface area contributed by atoms with Crippen LogP contribution in [0.15, 0.2) is 0 Å². The molecule has 0 saturated heterocycles. The van der Waals surface area contributed by atoms with Gasteiger partial charge in [-0.3, -0.25) is 4.79 Å². The molecule has 8 heavy (non-hydrogen) atoms. The van der Waals surface area contributed by atoms with Gasteiger partial charge in [0.1, 0.15) is 0 Å². The number of carbonyl (C=O) groups excluding carboxylic acids is 1. The maximum atomic E-state index is 9.77. The number of hydrogen-bond donors (Lipinski definition) is 1. The second kappa shape index (κ2) is 3.47. The normalized spacial score (nSPS) is 13.5. The van der Waals surface area contributed by atoms with Gasteiger partial charge >= 0.3 is 0 Å². The van der Waals surface area contributed by atoms with Crippen molar-refractivity contribution in [2.24, 2.45) is 5.92 Å². The van der Waals surface area contributed by atoms with Crippen LogP contribution in [-0.2, 0) is 4.79 Å². The lowest BCUT2D eigenvalue weighted by Gasteiger charge is -2.12. The van der Waals surface area contributed by atoms with Crippen molar-refractivity contribution in [2.45, 2.75) is 19.9 Å². The van der Waals surface area contributed by atoms with E-state index in [1.54, 1.807) is 0 Å². The van der Waals surface area contributed by atoms with Crippen molar-refractivity contribution in [3.05, 3.63) is 6.92 Å². The Labute approximate surface area is 50.3 Å². The van der Waals surface area contributed by atoms with Crippen molar-refractivity contribution < 1.29 is 4.79 Å². The third kappa shape index (κ3) is 2.61. The first kappa shape index (κ1) is 7.47. The molecular formula is C6H12NO. The van der Waals surface area contributed by atoms with E-state index >= 15 is 0 Å². The minimum atomic E-state index is 0.0486. The van der Waals surface area contributed by atoms with Crippen LogP contribution in [0.4, 0.5) is 0 Å². The Kier molecular flexibility index (Phi) is 3.24. The molecule has 1 unspecified atom stereocenters. The molecule has 0 rings (SSSR count). The summed E-state index contributed by atoms with van der Waals surface area (Å²) >= 11 is 0. The average molecular weight is 114 g/mol. The summed E-state index contributed by atoms with van der Waals surface area (Å²) in [5, 5.41) is 2.55. The average Bonchev–Trinajstić information content (AvgIpc) is 1.67. The zero-order valence-corrected chi connectivity index (χ0v) is 5.35. The standard InChI is InChI=1S/C6H12NO/c1-5(2)6(3)7-4-8/h4-6H,3H2,1-2H3,(H,7,8). The van der Waals surface area contributed by atoms with Crippen LogP contribution in [0.3, 0.4) is 0 Å². The number of hydrogen-bond acceptors (Lipinski definition) is 1. The van der Waals surface area contributed by atoms with Gasteiger partial charge in [0.2, 0.25) is 6.41 Å². The van der Waals surface area contributed by atoms with E-state index in [1.165, 1.54) is 0 Å². The van der Waals surface area contributed by atoms with Crippen molar-refractivity contribution in [3.8, 4) is 0 Å². The van der Waals surface area contributed by atoms with E-state index in [0.717, 1.165) is 0 Å². The van der Waals surface area contributed by atoms with E-state index in [-0.39, 0.29) is 6.04 Å². The van der Waals surface area contributed by atoms with Gasteiger partial charge in [0, 0.05) is 6.04 Å². The van der Waals surface area contributed by atoms with Gasteiger partial charge in [-0.25, -0.2) is 0 Å². The summed E-state index contributed by atoms with van der Waals surface area (Å²) < 4.78 is 0. The minimum absolute atomic E-state index is 0.0486. The smallest absolute Gasteiger partial charge is 0.207 e. The van der Waals surface area contributed by atoms with E-state index in [9.17, 15) is 4.79 Å². The van der Waals surface area contributed by atoms with Gasteiger partial charge in [-0.1, -0.05) is 13.8 Å². The summed E-state index contributed by atoms with van der Waals surface area (Å²) in [4.78, 5) is 9.77. The van der Waals surface area contributed by atoms with Crippen LogP contribution in [0.2, 0.25) is 0 Å². The molecule has 0 aromatic heterocycles. The molecule has 2 heteroatoms. The highest BCUT2D eigenvalue weighted by molar-refractivity contribution is 5.46. The Balaban J connectivity index is 3.30. The molecular weight excluding hydrogens is 102 g/mol. The van der Waals surface area contributed by atoms with Crippen LogP contribution in [-0.4, -0.2) is 12.5 Å². The van der Waals surface area contributed by atoms with Crippen LogP contribution in [0.1, 0.15) is 13.8 Å². The van der Waals surface area contributed by atoms with Crippen molar-refractivity contribution in [3.63, 3.8) is 0 Å². The topological polar surface area (TPSA) is 29.1 Å². The fourth-order valence-corrected chi connectivity index (χ4v) is 0.280. The predicted octanol–water partition coefficient (Wildman–Crippen LogP) is 0.591. The van der Waals surface area contributed by atoms with E-state index in [2.05, 4.69) is 12.2 Å². The second-order valence-corrected chi connectivity index (χ2v) is 2.14. The molecule has 0 spiro atoms. The third-order valence-corrected chi connectivity index (χ3v) is 1.09. The van der Waals surface area contributed by atoms with Gasteiger partial charge in [0.15, 0.2) is 0 Å². The Morgan fingerprint density at radius 1 is 1.62 bits per heavy atom. The summed E-state index contributed by atoms with van der Waals surface area (Å²) in [7, 11) is 0. The van der Waals surface area contributed by atoms with Crippen LogP contribution in [0.25, 0.3) is 0 Å². The van der Waals surface area contributed by atoms with Crippen molar-refractivity contribution >= 4 is 6.41 Å². The molecule has 0 aromatic carbocycles. The van der Waals surface area contributed by atoms with E-state index in [4.69, 9.17) is 0 Å². The molecule has 1 radical (unpaired) electrons. The lowest BCUT2D eigenvalue weighted by molar-refractivity contribution is -0.110. The van der Waals surface area contributed by atoms with Crippen molar-refractivity contribution in [2.75, 3.05) is 0 Å². The molecule has 0 aromatic rings. The lowest BCUT2D eigenvalue weighted by Crippen LogP contribution is -2.29. The largest absolute Gasteiger partial charge is 0.356 e. The molecule has 0 aliphatic heterocycles. The summed E-state index contributed by atoms with van der Waals surface area (Å²) in [6, 6.07) is 0.0486. The summed E-state index contributed by atoms with van der Waals surface area (Å²) in [5.74, 6) is 0.417. The number of carbonyl (C=O) groups is 1. The van der Waals surface area contributed by atoms with E-state index in [0.29, 0.717) is 12.3 Å². The highest BCUT2D eigenvalue weighted by Crippen LogP contribution is 1.96. The van der Waals surface area contributed by atoms with Crippen molar-refractivity contribution in [1.82, 2.24) is 5.32 Å². The van der Waals surface area contributed by atoms with Gasteiger partial charge in [0.25, 0.3) is 0 Å². The highest BCUT2D eigenvalue weighted by atomic mass is 16.1. The number of amides is 1. The van der Waals surface area contributed by atoms with Gasteiger partial charge in [-0.15, -0.1) is 0 Å². The van der Waals surface area contributed by atoms with Crippen LogP contribution < -0.4 is 5.32 Å². The zero-order valence-electron chi connectivity index (χ0n) is 5.35. The number of rotatable bonds is 3. The molecule has 0 saturated carbocycles.